The molecule has 1 N–H and O–H groups in total. The van der Waals surface area contributed by atoms with Crippen LogP contribution in [0.3, 0.4) is 0 Å². The Kier molecular flexibility index (Phi) is 8.18. The number of hydrogen-bond acceptors (Lipinski definition) is 3. The minimum atomic E-state index is -0.576. The number of urea groups is 1. The van der Waals surface area contributed by atoms with Crippen LogP contribution in [0.25, 0.3) is 0 Å². The average Bonchev–Trinajstić information content (AvgIpc) is 2.47. The first-order chi connectivity index (χ1) is 10.4. The summed E-state index contributed by atoms with van der Waals surface area (Å²) in [7, 11) is 3.55. The average molecular weight is 313 g/mol. The van der Waals surface area contributed by atoms with Gasteiger partial charge in [-0.1, -0.05) is 13.8 Å². The summed E-state index contributed by atoms with van der Waals surface area (Å²) in [6, 6.07) is 0.0547. The molecule has 0 spiro atoms. The van der Waals surface area contributed by atoms with Gasteiger partial charge in [-0.05, 0) is 58.2 Å². The van der Waals surface area contributed by atoms with E-state index in [0.29, 0.717) is 25.9 Å². The second kappa shape index (κ2) is 9.36. The maximum absolute atomic E-state index is 11.9. The molecule has 0 atom stereocenters. The SMILES string of the molecule is CCCN(CCC)CCCC1(O)CCN(C(=O)N(C)C)CC1. The van der Waals surface area contributed by atoms with Crippen LogP contribution in [-0.4, -0.2) is 78.3 Å². The molecule has 0 saturated carbocycles. The van der Waals surface area contributed by atoms with E-state index in [1.54, 1.807) is 19.0 Å². The fourth-order valence-electron chi connectivity index (χ4n) is 3.25. The van der Waals surface area contributed by atoms with Crippen molar-refractivity contribution in [3.05, 3.63) is 0 Å². The molecule has 0 unspecified atom stereocenters. The first kappa shape index (κ1) is 19.2. The van der Waals surface area contributed by atoms with Crippen LogP contribution < -0.4 is 0 Å². The lowest BCUT2D eigenvalue weighted by Crippen LogP contribution is -2.49. The van der Waals surface area contributed by atoms with Crippen molar-refractivity contribution in [2.24, 2.45) is 0 Å². The van der Waals surface area contributed by atoms with Crippen LogP contribution in [0.15, 0.2) is 0 Å². The van der Waals surface area contributed by atoms with E-state index in [9.17, 15) is 9.90 Å². The molecule has 1 heterocycles. The molecule has 0 bridgehead atoms. The number of piperidine rings is 1. The molecule has 0 aromatic carbocycles. The highest BCUT2D eigenvalue weighted by molar-refractivity contribution is 5.73. The van der Waals surface area contributed by atoms with Crippen molar-refractivity contribution in [2.75, 3.05) is 46.8 Å². The summed E-state index contributed by atoms with van der Waals surface area (Å²) in [4.78, 5) is 17.9. The predicted molar refractivity (Wildman–Crippen MR) is 91.1 cm³/mol. The van der Waals surface area contributed by atoms with Crippen molar-refractivity contribution in [3.8, 4) is 0 Å². The van der Waals surface area contributed by atoms with E-state index in [0.717, 1.165) is 32.5 Å². The topological polar surface area (TPSA) is 47.0 Å². The minimum Gasteiger partial charge on any atom is -0.390 e. The fraction of sp³-hybridized carbons (Fsp3) is 0.941. The van der Waals surface area contributed by atoms with Crippen LogP contribution in [0.2, 0.25) is 0 Å². The molecule has 1 aliphatic rings. The minimum absolute atomic E-state index is 0.0547. The summed E-state index contributed by atoms with van der Waals surface area (Å²) in [5.41, 5.74) is -0.576. The molecule has 1 fully saturated rings. The van der Waals surface area contributed by atoms with Gasteiger partial charge < -0.3 is 19.8 Å². The van der Waals surface area contributed by atoms with E-state index in [1.165, 1.54) is 12.8 Å². The maximum atomic E-state index is 11.9. The molecule has 0 radical (unpaired) electrons. The van der Waals surface area contributed by atoms with Crippen molar-refractivity contribution in [3.63, 3.8) is 0 Å². The number of hydrogen-bond donors (Lipinski definition) is 1. The van der Waals surface area contributed by atoms with Gasteiger partial charge in [-0.25, -0.2) is 4.79 Å². The monoisotopic (exact) mass is 313 g/mol. The zero-order chi connectivity index (χ0) is 16.6. The molecule has 0 aliphatic carbocycles. The van der Waals surface area contributed by atoms with Gasteiger partial charge in [-0.15, -0.1) is 0 Å². The summed E-state index contributed by atoms with van der Waals surface area (Å²) in [6.45, 7) is 9.14. The zero-order valence-corrected chi connectivity index (χ0v) is 15.0. The lowest BCUT2D eigenvalue weighted by molar-refractivity contribution is -0.0237. The Labute approximate surface area is 136 Å². The highest BCUT2D eigenvalue weighted by atomic mass is 16.3. The van der Waals surface area contributed by atoms with Crippen molar-refractivity contribution in [1.82, 2.24) is 14.7 Å². The number of likely N-dealkylation sites (tertiary alicyclic amines) is 1. The van der Waals surface area contributed by atoms with Gasteiger partial charge in [0.25, 0.3) is 0 Å². The molecule has 1 rings (SSSR count). The predicted octanol–water partition coefficient (Wildman–Crippen LogP) is 2.40. The highest BCUT2D eigenvalue weighted by Gasteiger charge is 2.33. The molecule has 1 saturated heterocycles. The van der Waals surface area contributed by atoms with E-state index in [4.69, 9.17) is 0 Å². The molecule has 0 aromatic heterocycles. The van der Waals surface area contributed by atoms with E-state index in [-0.39, 0.29) is 6.03 Å². The Morgan fingerprint density at radius 3 is 2.09 bits per heavy atom. The third kappa shape index (κ3) is 6.13. The van der Waals surface area contributed by atoms with Gasteiger partial charge in [0, 0.05) is 27.2 Å². The van der Waals surface area contributed by atoms with Gasteiger partial charge in [0.2, 0.25) is 0 Å². The van der Waals surface area contributed by atoms with E-state index >= 15 is 0 Å². The largest absolute Gasteiger partial charge is 0.390 e. The Balaban J connectivity index is 2.33. The Morgan fingerprint density at radius 2 is 1.64 bits per heavy atom. The van der Waals surface area contributed by atoms with Gasteiger partial charge in [-0.3, -0.25) is 0 Å². The third-order valence-corrected chi connectivity index (χ3v) is 4.54. The van der Waals surface area contributed by atoms with Crippen molar-refractivity contribution in [1.29, 1.82) is 0 Å². The van der Waals surface area contributed by atoms with Gasteiger partial charge in [-0.2, -0.15) is 0 Å². The van der Waals surface area contributed by atoms with E-state index < -0.39 is 5.60 Å². The summed E-state index contributed by atoms with van der Waals surface area (Å²) >= 11 is 0. The second-order valence-electron chi connectivity index (χ2n) is 6.83. The Bertz CT molecular complexity index is 320. The lowest BCUT2D eigenvalue weighted by Gasteiger charge is -2.39. The number of nitrogens with zero attached hydrogens (tertiary/aromatic N) is 3. The lowest BCUT2D eigenvalue weighted by atomic mass is 9.87. The highest BCUT2D eigenvalue weighted by Crippen LogP contribution is 2.27. The normalized spacial score (nSPS) is 17.8. The number of rotatable bonds is 8. The quantitative estimate of drug-likeness (QED) is 0.748. The van der Waals surface area contributed by atoms with Gasteiger partial charge in [0.05, 0.1) is 5.60 Å². The summed E-state index contributed by atoms with van der Waals surface area (Å²) in [5.74, 6) is 0. The van der Waals surface area contributed by atoms with Crippen LogP contribution in [0.5, 0.6) is 0 Å². The molecule has 5 nitrogen and oxygen atoms in total. The zero-order valence-electron chi connectivity index (χ0n) is 15.0. The summed E-state index contributed by atoms with van der Waals surface area (Å²) < 4.78 is 0. The summed E-state index contributed by atoms with van der Waals surface area (Å²) in [5, 5.41) is 10.7. The number of carbonyl (C=O) groups excluding carboxylic acids is 1. The van der Waals surface area contributed by atoms with Crippen molar-refractivity contribution < 1.29 is 9.90 Å². The fourth-order valence-corrected chi connectivity index (χ4v) is 3.25. The number of carbonyl (C=O) groups is 1. The Hall–Kier alpha value is -0.810. The number of aliphatic hydroxyl groups is 1. The van der Waals surface area contributed by atoms with Crippen molar-refractivity contribution in [2.45, 2.75) is 58.0 Å². The Morgan fingerprint density at radius 1 is 1.09 bits per heavy atom. The molecule has 2 amide bonds. The van der Waals surface area contributed by atoms with Crippen LogP contribution in [-0.2, 0) is 0 Å². The molecule has 0 aromatic rings. The van der Waals surface area contributed by atoms with Gasteiger partial charge >= 0.3 is 6.03 Å². The van der Waals surface area contributed by atoms with Crippen LogP contribution in [0.1, 0.15) is 52.4 Å². The second-order valence-corrected chi connectivity index (χ2v) is 6.83. The van der Waals surface area contributed by atoms with Gasteiger partial charge in [0.15, 0.2) is 0 Å². The molecular formula is C17H35N3O2. The number of amides is 2. The molecule has 5 heteroatoms. The molecule has 22 heavy (non-hydrogen) atoms. The van der Waals surface area contributed by atoms with Crippen LogP contribution >= 0.6 is 0 Å². The first-order valence-corrected chi connectivity index (χ1v) is 8.83. The van der Waals surface area contributed by atoms with Gasteiger partial charge in [0.1, 0.15) is 0 Å². The first-order valence-electron chi connectivity index (χ1n) is 8.83. The molecule has 130 valence electrons. The smallest absolute Gasteiger partial charge is 0.319 e. The standard InChI is InChI=1S/C17H35N3O2/c1-5-11-19(12-6-2)13-7-8-17(22)9-14-20(15-10-17)16(21)18(3)4/h22H,5-15H2,1-4H3. The summed E-state index contributed by atoms with van der Waals surface area (Å²) in [6.07, 6.45) is 5.67. The third-order valence-electron chi connectivity index (χ3n) is 4.54. The van der Waals surface area contributed by atoms with Crippen LogP contribution in [0.4, 0.5) is 4.79 Å². The molecular weight excluding hydrogens is 278 g/mol. The van der Waals surface area contributed by atoms with E-state index in [1.807, 2.05) is 4.90 Å². The van der Waals surface area contributed by atoms with E-state index in [2.05, 4.69) is 18.7 Å². The van der Waals surface area contributed by atoms with Crippen molar-refractivity contribution >= 4 is 6.03 Å². The molecule has 1 aliphatic heterocycles. The van der Waals surface area contributed by atoms with Crippen LogP contribution in [0, 0.1) is 0 Å². The maximum Gasteiger partial charge on any atom is 0.319 e.